The Morgan fingerprint density at radius 1 is 1.30 bits per heavy atom. The first-order valence-electron chi connectivity index (χ1n) is 7.36. The van der Waals surface area contributed by atoms with E-state index in [1.165, 1.54) is 42.4 Å². The van der Waals surface area contributed by atoms with Gasteiger partial charge in [-0.1, -0.05) is 30.2 Å². The molecule has 0 bridgehead atoms. The van der Waals surface area contributed by atoms with Gasteiger partial charge < -0.3 is 9.88 Å². The molecule has 2 aromatic rings. The van der Waals surface area contributed by atoms with Crippen molar-refractivity contribution in [3.63, 3.8) is 0 Å². The summed E-state index contributed by atoms with van der Waals surface area (Å²) in [5.74, 6) is 0. The van der Waals surface area contributed by atoms with Gasteiger partial charge in [0.05, 0.1) is 0 Å². The first-order chi connectivity index (χ1) is 9.76. The lowest BCUT2D eigenvalue weighted by molar-refractivity contribution is 0.531. The van der Waals surface area contributed by atoms with Crippen LogP contribution in [0.4, 0.5) is 0 Å². The molecule has 1 N–H and O–H groups in total. The number of benzene rings is 1. The number of aryl methyl sites for hydroxylation is 1. The number of nitrogens with one attached hydrogen (secondary N) is 1. The second kappa shape index (κ2) is 6.02. The van der Waals surface area contributed by atoms with Crippen molar-refractivity contribution in [3.8, 4) is 0 Å². The fourth-order valence-electron chi connectivity index (χ4n) is 3.15. The lowest BCUT2D eigenvalue weighted by Gasteiger charge is -2.13. The fraction of sp³-hybridized carbons (Fsp3) is 0.412. The van der Waals surface area contributed by atoms with E-state index in [0.29, 0.717) is 6.04 Å². The molecule has 0 spiro atoms. The van der Waals surface area contributed by atoms with Gasteiger partial charge in [0.2, 0.25) is 0 Å². The Labute approximate surface area is 125 Å². The summed E-state index contributed by atoms with van der Waals surface area (Å²) in [4.78, 5) is 0. The van der Waals surface area contributed by atoms with Gasteiger partial charge in [-0.25, -0.2) is 0 Å². The van der Waals surface area contributed by atoms with Gasteiger partial charge in [-0.15, -0.1) is 0 Å². The highest BCUT2D eigenvalue weighted by Gasteiger charge is 2.19. The molecule has 1 aromatic carbocycles. The van der Waals surface area contributed by atoms with E-state index in [2.05, 4.69) is 35.4 Å². The molecular weight excluding hydrogens is 268 g/mol. The van der Waals surface area contributed by atoms with Crippen LogP contribution in [-0.2, 0) is 13.0 Å². The number of hydrogen-bond acceptors (Lipinski definition) is 1. The summed E-state index contributed by atoms with van der Waals surface area (Å²) in [6, 6.07) is 8.62. The Bertz CT molecular complexity index is 588. The Balaban J connectivity index is 1.85. The molecule has 1 unspecified atom stereocenters. The van der Waals surface area contributed by atoms with Crippen LogP contribution in [0, 0.1) is 0 Å². The molecule has 2 nitrogen and oxygen atoms in total. The second-order valence-electron chi connectivity index (χ2n) is 5.63. The zero-order valence-electron chi connectivity index (χ0n) is 11.9. The van der Waals surface area contributed by atoms with E-state index in [-0.39, 0.29) is 0 Å². The maximum atomic E-state index is 6.06. The van der Waals surface area contributed by atoms with Crippen molar-refractivity contribution in [2.45, 2.75) is 38.3 Å². The van der Waals surface area contributed by atoms with Crippen molar-refractivity contribution in [3.05, 3.63) is 58.4 Å². The van der Waals surface area contributed by atoms with Crippen LogP contribution in [0.25, 0.3) is 0 Å². The normalized spacial score (nSPS) is 18.6. The standard InChI is InChI=1S/C17H21ClN2/c1-19-17-8-3-2-6-14-11-20(12-16(14)17)10-13-5-4-7-15(18)9-13/h4-5,7,9,11-12,17,19H,2-3,6,8,10H2,1H3. The largest absolute Gasteiger partial charge is 0.349 e. The van der Waals surface area contributed by atoms with Crippen LogP contribution in [0.3, 0.4) is 0 Å². The molecule has 1 atom stereocenters. The van der Waals surface area contributed by atoms with Gasteiger partial charge in [0.25, 0.3) is 0 Å². The van der Waals surface area contributed by atoms with E-state index in [9.17, 15) is 0 Å². The summed E-state index contributed by atoms with van der Waals surface area (Å²) >= 11 is 6.06. The summed E-state index contributed by atoms with van der Waals surface area (Å²) < 4.78 is 2.30. The molecule has 1 aromatic heterocycles. The molecule has 106 valence electrons. The van der Waals surface area contributed by atoms with Crippen molar-refractivity contribution in [1.82, 2.24) is 9.88 Å². The molecule has 3 heteroatoms. The molecule has 0 fully saturated rings. The van der Waals surface area contributed by atoms with Gasteiger partial charge in [0, 0.05) is 30.0 Å². The summed E-state index contributed by atoms with van der Waals surface area (Å²) in [5.41, 5.74) is 4.24. The predicted octanol–water partition coefficient (Wildman–Crippen LogP) is 4.18. The van der Waals surface area contributed by atoms with Crippen molar-refractivity contribution in [2.24, 2.45) is 0 Å². The molecule has 1 heterocycles. The number of aromatic nitrogens is 1. The average molecular weight is 289 g/mol. The quantitative estimate of drug-likeness (QED) is 0.839. The van der Waals surface area contributed by atoms with Crippen LogP contribution in [-0.4, -0.2) is 11.6 Å². The van der Waals surface area contributed by atoms with E-state index in [1.807, 2.05) is 18.2 Å². The number of nitrogens with zero attached hydrogens (tertiary/aromatic N) is 1. The first-order valence-corrected chi connectivity index (χ1v) is 7.74. The average Bonchev–Trinajstić information content (AvgIpc) is 2.72. The Kier molecular flexibility index (Phi) is 4.13. The molecule has 1 aliphatic carbocycles. The molecule has 0 aliphatic heterocycles. The van der Waals surface area contributed by atoms with E-state index < -0.39 is 0 Å². The van der Waals surface area contributed by atoms with E-state index in [4.69, 9.17) is 11.6 Å². The van der Waals surface area contributed by atoms with Crippen LogP contribution in [0.2, 0.25) is 5.02 Å². The molecular formula is C17H21ClN2. The van der Waals surface area contributed by atoms with Crippen LogP contribution in [0.5, 0.6) is 0 Å². The van der Waals surface area contributed by atoms with Crippen LogP contribution in [0.15, 0.2) is 36.7 Å². The van der Waals surface area contributed by atoms with Crippen molar-refractivity contribution >= 4 is 11.6 Å². The maximum Gasteiger partial charge on any atom is 0.0470 e. The van der Waals surface area contributed by atoms with Gasteiger partial charge in [-0.2, -0.15) is 0 Å². The fourth-order valence-corrected chi connectivity index (χ4v) is 3.37. The highest BCUT2D eigenvalue weighted by molar-refractivity contribution is 6.30. The van der Waals surface area contributed by atoms with Gasteiger partial charge >= 0.3 is 0 Å². The van der Waals surface area contributed by atoms with Gasteiger partial charge in [-0.05, 0) is 55.1 Å². The Hall–Kier alpha value is -1.25. The molecule has 3 rings (SSSR count). The highest BCUT2D eigenvalue weighted by Crippen LogP contribution is 2.29. The number of hydrogen-bond donors (Lipinski definition) is 1. The summed E-state index contributed by atoms with van der Waals surface area (Å²) in [6.45, 7) is 0.893. The smallest absolute Gasteiger partial charge is 0.0470 e. The number of rotatable bonds is 3. The second-order valence-corrected chi connectivity index (χ2v) is 6.06. The molecule has 0 saturated heterocycles. The molecule has 0 saturated carbocycles. The monoisotopic (exact) mass is 288 g/mol. The van der Waals surface area contributed by atoms with Gasteiger partial charge in [0.15, 0.2) is 0 Å². The van der Waals surface area contributed by atoms with Crippen molar-refractivity contribution in [1.29, 1.82) is 0 Å². The number of fused-ring (bicyclic) bond motifs is 1. The third-order valence-corrected chi connectivity index (χ3v) is 4.40. The van der Waals surface area contributed by atoms with E-state index in [1.54, 1.807) is 0 Å². The zero-order valence-corrected chi connectivity index (χ0v) is 12.7. The lowest BCUT2D eigenvalue weighted by atomic mass is 10.1. The molecule has 1 aliphatic rings. The van der Waals surface area contributed by atoms with Gasteiger partial charge in [0.1, 0.15) is 0 Å². The third-order valence-electron chi connectivity index (χ3n) is 4.16. The van der Waals surface area contributed by atoms with Crippen LogP contribution >= 0.6 is 11.6 Å². The Morgan fingerprint density at radius 3 is 3.00 bits per heavy atom. The minimum Gasteiger partial charge on any atom is -0.349 e. The van der Waals surface area contributed by atoms with Crippen molar-refractivity contribution < 1.29 is 0 Å². The van der Waals surface area contributed by atoms with Crippen LogP contribution < -0.4 is 5.32 Å². The summed E-state index contributed by atoms with van der Waals surface area (Å²) in [7, 11) is 2.06. The highest BCUT2D eigenvalue weighted by atomic mass is 35.5. The predicted molar refractivity (Wildman–Crippen MR) is 84.3 cm³/mol. The topological polar surface area (TPSA) is 17.0 Å². The van der Waals surface area contributed by atoms with Gasteiger partial charge in [-0.3, -0.25) is 0 Å². The molecule has 0 radical (unpaired) electrons. The SMILES string of the molecule is CNC1CCCCc2cn(Cc3cccc(Cl)c3)cc21. The lowest BCUT2D eigenvalue weighted by Crippen LogP contribution is -2.15. The summed E-state index contributed by atoms with van der Waals surface area (Å²) in [5, 5.41) is 4.26. The van der Waals surface area contributed by atoms with E-state index >= 15 is 0 Å². The van der Waals surface area contributed by atoms with Crippen molar-refractivity contribution in [2.75, 3.05) is 7.05 Å². The molecule has 0 amide bonds. The third kappa shape index (κ3) is 2.92. The number of halogens is 1. The maximum absolute atomic E-state index is 6.06. The minimum atomic E-state index is 0.508. The van der Waals surface area contributed by atoms with Crippen LogP contribution in [0.1, 0.15) is 42.0 Å². The zero-order chi connectivity index (χ0) is 13.9. The first kappa shape index (κ1) is 13.7. The summed E-state index contributed by atoms with van der Waals surface area (Å²) in [6.07, 6.45) is 9.68. The Morgan fingerprint density at radius 2 is 2.20 bits per heavy atom. The van der Waals surface area contributed by atoms with E-state index in [0.717, 1.165) is 11.6 Å². The minimum absolute atomic E-state index is 0.508. The molecule has 20 heavy (non-hydrogen) atoms.